The average molecular weight is 233 g/mol. The van der Waals surface area contributed by atoms with Gasteiger partial charge >= 0.3 is 0 Å². The van der Waals surface area contributed by atoms with E-state index in [0.717, 1.165) is 22.0 Å². The Morgan fingerprint density at radius 1 is 0.889 bits per heavy atom. The van der Waals surface area contributed by atoms with Crippen LogP contribution >= 0.6 is 0 Å². The maximum Gasteiger partial charge on any atom is 0.0935 e. The van der Waals surface area contributed by atoms with Crippen LogP contribution in [-0.2, 0) is 0 Å². The van der Waals surface area contributed by atoms with E-state index >= 15 is 0 Å². The number of hydrogen-bond acceptors (Lipinski definition) is 3. The van der Waals surface area contributed by atoms with Crippen LogP contribution in [0.25, 0.3) is 23.1 Å². The molecule has 18 heavy (non-hydrogen) atoms. The molecule has 0 atom stereocenters. The van der Waals surface area contributed by atoms with Crippen molar-refractivity contribution in [1.29, 1.82) is 0 Å². The van der Waals surface area contributed by atoms with Gasteiger partial charge in [-0.2, -0.15) is 10.2 Å². The number of aromatic nitrogens is 3. The van der Waals surface area contributed by atoms with E-state index in [1.807, 2.05) is 42.5 Å². The summed E-state index contributed by atoms with van der Waals surface area (Å²) in [6.07, 6.45) is 9.43. The van der Waals surface area contributed by atoms with Gasteiger partial charge in [0.15, 0.2) is 0 Å². The molecule has 0 saturated carbocycles. The van der Waals surface area contributed by atoms with Gasteiger partial charge < -0.3 is 0 Å². The lowest BCUT2D eigenvalue weighted by Crippen LogP contribution is -1.86. The van der Waals surface area contributed by atoms with E-state index in [-0.39, 0.29) is 0 Å². The summed E-state index contributed by atoms with van der Waals surface area (Å²) >= 11 is 0. The second-order valence-electron chi connectivity index (χ2n) is 3.93. The Bertz CT molecular complexity index is 685. The lowest BCUT2D eigenvalue weighted by atomic mass is 10.1. The molecule has 0 aliphatic heterocycles. The molecule has 0 saturated heterocycles. The van der Waals surface area contributed by atoms with Gasteiger partial charge in [-0.3, -0.25) is 4.98 Å². The number of nitrogens with zero attached hydrogens (tertiary/aromatic N) is 3. The Morgan fingerprint density at radius 2 is 1.72 bits per heavy atom. The maximum absolute atomic E-state index is 4.10. The van der Waals surface area contributed by atoms with Gasteiger partial charge in [-0.25, -0.2) is 0 Å². The van der Waals surface area contributed by atoms with E-state index in [0.29, 0.717) is 0 Å². The van der Waals surface area contributed by atoms with Crippen molar-refractivity contribution in [3.05, 3.63) is 66.1 Å². The molecule has 86 valence electrons. The van der Waals surface area contributed by atoms with E-state index in [9.17, 15) is 0 Å². The van der Waals surface area contributed by atoms with Crippen LogP contribution in [0.5, 0.6) is 0 Å². The molecule has 0 aliphatic rings. The zero-order valence-electron chi connectivity index (χ0n) is 9.69. The van der Waals surface area contributed by atoms with E-state index < -0.39 is 0 Å². The first kappa shape index (κ1) is 10.6. The number of pyridine rings is 1. The molecule has 0 spiro atoms. The molecule has 0 fully saturated rings. The van der Waals surface area contributed by atoms with Crippen LogP contribution in [0.4, 0.5) is 0 Å². The summed E-state index contributed by atoms with van der Waals surface area (Å²) in [6.45, 7) is 0. The summed E-state index contributed by atoms with van der Waals surface area (Å²) in [4.78, 5) is 3.99. The van der Waals surface area contributed by atoms with Crippen LogP contribution in [0, 0.1) is 0 Å². The predicted molar refractivity (Wildman–Crippen MR) is 72.7 cm³/mol. The normalized spacial score (nSPS) is 11.1. The Labute approximate surface area is 105 Å². The third-order valence-electron chi connectivity index (χ3n) is 2.74. The molecule has 2 aromatic heterocycles. The van der Waals surface area contributed by atoms with Gasteiger partial charge in [0.1, 0.15) is 0 Å². The van der Waals surface area contributed by atoms with Crippen molar-refractivity contribution in [2.45, 2.75) is 0 Å². The molecular weight excluding hydrogens is 222 g/mol. The summed E-state index contributed by atoms with van der Waals surface area (Å²) in [5.41, 5.74) is 3.10. The number of fused-ring (bicyclic) bond motifs is 1. The summed E-state index contributed by atoms with van der Waals surface area (Å²) < 4.78 is 0. The average Bonchev–Trinajstić information content (AvgIpc) is 2.46. The fourth-order valence-electron chi connectivity index (χ4n) is 1.82. The molecule has 3 rings (SSSR count). The molecule has 0 bridgehead atoms. The second-order valence-corrected chi connectivity index (χ2v) is 3.93. The van der Waals surface area contributed by atoms with E-state index in [4.69, 9.17) is 0 Å². The Morgan fingerprint density at radius 3 is 2.61 bits per heavy atom. The summed E-state index contributed by atoms with van der Waals surface area (Å²) in [7, 11) is 0. The van der Waals surface area contributed by atoms with Crippen molar-refractivity contribution in [3.63, 3.8) is 0 Å². The van der Waals surface area contributed by atoms with E-state index in [1.165, 1.54) is 0 Å². The minimum Gasteiger partial charge on any atom is -0.265 e. The molecule has 1 aromatic carbocycles. The van der Waals surface area contributed by atoms with Crippen molar-refractivity contribution in [2.24, 2.45) is 0 Å². The lowest BCUT2D eigenvalue weighted by molar-refractivity contribution is 1.07. The summed E-state index contributed by atoms with van der Waals surface area (Å²) in [6, 6.07) is 11.9. The third kappa shape index (κ3) is 2.11. The first-order valence-corrected chi connectivity index (χ1v) is 5.72. The SMILES string of the molecule is C(=Cc1cnnc2ccccc12)c1ccncc1. The molecule has 3 heteroatoms. The smallest absolute Gasteiger partial charge is 0.0935 e. The van der Waals surface area contributed by atoms with Gasteiger partial charge in [0.25, 0.3) is 0 Å². The van der Waals surface area contributed by atoms with Crippen LogP contribution in [0.3, 0.4) is 0 Å². The van der Waals surface area contributed by atoms with Gasteiger partial charge in [-0.05, 0) is 23.8 Å². The highest BCUT2D eigenvalue weighted by Crippen LogP contribution is 2.17. The summed E-state index contributed by atoms with van der Waals surface area (Å²) in [5, 5.41) is 9.22. The number of rotatable bonds is 2. The maximum atomic E-state index is 4.10. The van der Waals surface area contributed by atoms with Gasteiger partial charge in [-0.1, -0.05) is 30.4 Å². The van der Waals surface area contributed by atoms with E-state index in [2.05, 4.69) is 21.2 Å². The quantitative estimate of drug-likeness (QED) is 0.682. The zero-order valence-corrected chi connectivity index (χ0v) is 9.69. The monoisotopic (exact) mass is 233 g/mol. The highest BCUT2D eigenvalue weighted by atomic mass is 15.1. The number of benzene rings is 1. The third-order valence-corrected chi connectivity index (χ3v) is 2.74. The largest absolute Gasteiger partial charge is 0.265 e. The lowest BCUT2D eigenvalue weighted by Gasteiger charge is -1.99. The number of hydrogen-bond donors (Lipinski definition) is 0. The second kappa shape index (κ2) is 4.75. The minimum absolute atomic E-state index is 0.911. The van der Waals surface area contributed by atoms with Crippen LogP contribution in [-0.4, -0.2) is 15.2 Å². The first-order chi connectivity index (χ1) is 8.93. The predicted octanol–water partition coefficient (Wildman–Crippen LogP) is 3.20. The molecule has 2 heterocycles. The van der Waals surface area contributed by atoms with Gasteiger partial charge in [0.2, 0.25) is 0 Å². The minimum atomic E-state index is 0.911. The zero-order chi connectivity index (χ0) is 12.2. The first-order valence-electron chi connectivity index (χ1n) is 5.72. The van der Waals surface area contributed by atoms with Gasteiger partial charge in [0.05, 0.1) is 11.7 Å². The Hall–Kier alpha value is -2.55. The van der Waals surface area contributed by atoms with E-state index in [1.54, 1.807) is 18.6 Å². The van der Waals surface area contributed by atoms with Crippen LogP contribution in [0.15, 0.2) is 55.0 Å². The van der Waals surface area contributed by atoms with Gasteiger partial charge in [0, 0.05) is 23.3 Å². The fourth-order valence-corrected chi connectivity index (χ4v) is 1.82. The topological polar surface area (TPSA) is 38.7 Å². The molecule has 0 unspecified atom stereocenters. The molecule has 0 radical (unpaired) electrons. The molecule has 0 aliphatic carbocycles. The molecule has 3 nitrogen and oxygen atoms in total. The highest BCUT2D eigenvalue weighted by molar-refractivity contribution is 5.89. The molecule has 0 N–H and O–H groups in total. The molecule has 3 aromatic rings. The van der Waals surface area contributed by atoms with Crippen molar-refractivity contribution >= 4 is 23.1 Å². The van der Waals surface area contributed by atoms with Gasteiger partial charge in [-0.15, -0.1) is 0 Å². The molecule has 0 amide bonds. The van der Waals surface area contributed by atoms with Crippen molar-refractivity contribution in [1.82, 2.24) is 15.2 Å². The summed E-state index contributed by atoms with van der Waals surface area (Å²) in [5.74, 6) is 0. The standard InChI is InChI=1S/C15H11N3/c1-2-4-15-14(3-1)13(11-17-18-15)6-5-12-7-9-16-10-8-12/h1-11H. The van der Waals surface area contributed by atoms with Crippen molar-refractivity contribution < 1.29 is 0 Å². The Kier molecular flexibility index (Phi) is 2.80. The van der Waals surface area contributed by atoms with Crippen molar-refractivity contribution in [2.75, 3.05) is 0 Å². The van der Waals surface area contributed by atoms with Crippen LogP contribution in [0.2, 0.25) is 0 Å². The highest BCUT2D eigenvalue weighted by Gasteiger charge is 1.98. The van der Waals surface area contributed by atoms with Crippen molar-refractivity contribution in [3.8, 4) is 0 Å². The Balaban J connectivity index is 2.03. The molecular formula is C15H11N3. The van der Waals surface area contributed by atoms with Crippen LogP contribution in [0.1, 0.15) is 11.1 Å². The fraction of sp³-hybridized carbons (Fsp3) is 0. The van der Waals surface area contributed by atoms with Crippen LogP contribution < -0.4 is 0 Å².